The molecule has 2 aromatic rings. The lowest BCUT2D eigenvalue weighted by Crippen LogP contribution is -2.42. The molecule has 1 aromatic heterocycles. The second-order valence-corrected chi connectivity index (χ2v) is 5.98. The molecule has 0 aliphatic rings. The summed E-state index contributed by atoms with van der Waals surface area (Å²) < 4.78 is 54.5. The minimum atomic E-state index is -4.94. The summed E-state index contributed by atoms with van der Waals surface area (Å²) >= 11 is 0. The maximum Gasteiger partial charge on any atom is 0.573 e. The number of amides is 1. The molecule has 2 N–H and O–H groups in total. The molecule has 0 atom stereocenters. The van der Waals surface area contributed by atoms with Crippen LogP contribution >= 0.6 is 0 Å². The summed E-state index contributed by atoms with van der Waals surface area (Å²) in [5.74, 6) is -2.22. The quantitative estimate of drug-likeness (QED) is 0.808. The van der Waals surface area contributed by atoms with Crippen LogP contribution < -0.4 is 15.6 Å². The first-order chi connectivity index (χ1) is 11.9. The standard InChI is InChI=1S/C16H15F4N3O3/c1-8-21-12(7-13(24)22-8)14(25)23-15(2,3)10-5-4-9(6-11(10)17)26-16(18,19)20/h4-7H,1-3H3,(H,23,25)(H,21,22,24). The Kier molecular flexibility index (Phi) is 5.06. The van der Waals surface area contributed by atoms with Gasteiger partial charge in [0, 0.05) is 17.7 Å². The number of rotatable bonds is 4. The van der Waals surface area contributed by atoms with Crippen molar-refractivity contribution in [1.82, 2.24) is 15.3 Å². The fraction of sp³-hybridized carbons (Fsp3) is 0.312. The molecule has 0 aliphatic heterocycles. The number of alkyl halides is 3. The Hall–Kier alpha value is -2.91. The Morgan fingerprint density at radius 3 is 2.42 bits per heavy atom. The average molecular weight is 373 g/mol. The van der Waals surface area contributed by atoms with Gasteiger partial charge in [-0.05, 0) is 26.8 Å². The van der Waals surface area contributed by atoms with Gasteiger partial charge >= 0.3 is 6.36 Å². The molecule has 0 unspecified atom stereocenters. The maximum atomic E-state index is 14.2. The number of H-pyrrole nitrogens is 1. The van der Waals surface area contributed by atoms with Crippen LogP contribution in [-0.4, -0.2) is 22.2 Å². The predicted octanol–water partition coefficient (Wildman–Crippen LogP) is 2.78. The Balaban J connectivity index is 2.26. The minimum absolute atomic E-state index is 0.0677. The fourth-order valence-electron chi connectivity index (χ4n) is 2.31. The summed E-state index contributed by atoms with van der Waals surface area (Å²) in [6.07, 6.45) is -4.94. The Bertz CT molecular complexity index is 891. The molecule has 1 heterocycles. The smallest absolute Gasteiger partial charge is 0.406 e. The number of hydrogen-bond acceptors (Lipinski definition) is 4. The van der Waals surface area contributed by atoms with Crippen molar-refractivity contribution in [3.8, 4) is 5.75 Å². The van der Waals surface area contributed by atoms with Gasteiger partial charge in [-0.3, -0.25) is 9.59 Å². The van der Waals surface area contributed by atoms with Crippen LogP contribution in [0.3, 0.4) is 0 Å². The highest BCUT2D eigenvalue weighted by Crippen LogP contribution is 2.29. The summed E-state index contributed by atoms with van der Waals surface area (Å²) in [6, 6.07) is 3.57. The molecule has 0 saturated heterocycles. The molecule has 0 fully saturated rings. The fourth-order valence-corrected chi connectivity index (χ4v) is 2.31. The number of nitrogens with zero attached hydrogens (tertiary/aromatic N) is 1. The number of carbonyl (C=O) groups excluding carboxylic acids is 1. The lowest BCUT2D eigenvalue weighted by Gasteiger charge is -2.27. The number of aryl methyl sites for hydroxylation is 1. The number of carbonyl (C=O) groups is 1. The molecule has 0 radical (unpaired) electrons. The van der Waals surface area contributed by atoms with Gasteiger partial charge in [0.1, 0.15) is 23.1 Å². The molecular weight excluding hydrogens is 358 g/mol. The van der Waals surface area contributed by atoms with Crippen molar-refractivity contribution in [1.29, 1.82) is 0 Å². The molecule has 140 valence electrons. The number of nitrogens with one attached hydrogen (secondary N) is 2. The summed E-state index contributed by atoms with van der Waals surface area (Å²) in [6.45, 7) is 4.39. The van der Waals surface area contributed by atoms with E-state index < -0.39 is 34.9 Å². The molecule has 2 rings (SSSR count). The highest BCUT2D eigenvalue weighted by molar-refractivity contribution is 5.92. The van der Waals surface area contributed by atoms with Crippen LogP contribution in [0.4, 0.5) is 17.6 Å². The molecule has 6 nitrogen and oxygen atoms in total. The van der Waals surface area contributed by atoms with Crippen LogP contribution in [-0.2, 0) is 5.54 Å². The van der Waals surface area contributed by atoms with Crippen LogP contribution in [0, 0.1) is 12.7 Å². The zero-order chi connectivity index (χ0) is 19.7. The van der Waals surface area contributed by atoms with E-state index in [0.29, 0.717) is 6.07 Å². The number of aromatic nitrogens is 2. The normalized spacial score (nSPS) is 12.0. The lowest BCUT2D eigenvalue weighted by molar-refractivity contribution is -0.274. The van der Waals surface area contributed by atoms with Crippen molar-refractivity contribution in [2.45, 2.75) is 32.7 Å². The van der Waals surface area contributed by atoms with Crippen LogP contribution in [0.5, 0.6) is 5.75 Å². The van der Waals surface area contributed by atoms with Crippen LogP contribution in [0.25, 0.3) is 0 Å². The van der Waals surface area contributed by atoms with E-state index in [2.05, 4.69) is 20.0 Å². The van der Waals surface area contributed by atoms with E-state index in [1.165, 1.54) is 20.8 Å². The Morgan fingerprint density at radius 1 is 1.23 bits per heavy atom. The highest BCUT2D eigenvalue weighted by Gasteiger charge is 2.32. The summed E-state index contributed by atoms with van der Waals surface area (Å²) in [4.78, 5) is 30.0. The molecule has 1 aromatic carbocycles. The van der Waals surface area contributed by atoms with Crippen molar-refractivity contribution in [2.75, 3.05) is 0 Å². The van der Waals surface area contributed by atoms with Gasteiger partial charge in [0.2, 0.25) is 0 Å². The summed E-state index contributed by atoms with van der Waals surface area (Å²) in [5, 5.41) is 2.49. The monoisotopic (exact) mass is 373 g/mol. The summed E-state index contributed by atoms with van der Waals surface area (Å²) in [7, 11) is 0. The molecule has 0 spiro atoms. The second kappa shape index (κ2) is 6.77. The number of benzene rings is 1. The number of ether oxygens (including phenoxy) is 1. The van der Waals surface area contributed by atoms with Gasteiger partial charge in [0.05, 0.1) is 5.54 Å². The van der Waals surface area contributed by atoms with Crippen molar-refractivity contribution in [3.63, 3.8) is 0 Å². The van der Waals surface area contributed by atoms with E-state index in [4.69, 9.17) is 0 Å². The van der Waals surface area contributed by atoms with Crippen molar-refractivity contribution >= 4 is 5.91 Å². The van der Waals surface area contributed by atoms with Crippen LogP contribution in [0.2, 0.25) is 0 Å². The van der Waals surface area contributed by atoms with Crippen molar-refractivity contribution in [3.05, 3.63) is 57.5 Å². The zero-order valence-electron chi connectivity index (χ0n) is 14.0. The first-order valence-corrected chi connectivity index (χ1v) is 7.34. The topological polar surface area (TPSA) is 84.1 Å². The predicted molar refractivity (Wildman–Crippen MR) is 83.2 cm³/mol. The van der Waals surface area contributed by atoms with Crippen molar-refractivity contribution in [2.24, 2.45) is 0 Å². The SMILES string of the molecule is Cc1nc(C(=O)NC(C)(C)c2ccc(OC(F)(F)F)cc2F)cc(=O)[nH]1. The van der Waals surface area contributed by atoms with E-state index in [-0.39, 0.29) is 17.1 Å². The van der Waals surface area contributed by atoms with Gasteiger partial charge in [0.15, 0.2) is 0 Å². The zero-order valence-corrected chi connectivity index (χ0v) is 14.0. The summed E-state index contributed by atoms with van der Waals surface area (Å²) in [5.41, 5.74) is -2.06. The van der Waals surface area contributed by atoms with E-state index >= 15 is 0 Å². The van der Waals surface area contributed by atoms with E-state index in [1.807, 2.05) is 0 Å². The van der Waals surface area contributed by atoms with Gasteiger partial charge < -0.3 is 15.0 Å². The molecule has 1 amide bonds. The lowest BCUT2D eigenvalue weighted by atomic mass is 9.93. The highest BCUT2D eigenvalue weighted by atomic mass is 19.4. The molecule has 0 saturated carbocycles. The second-order valence-electron chi connectivity index (χ2n) is 5.98. The van der Waals surface area contributed by atoms with Gasteiger partial charge in [-0.15, -0.1) is 13.2 Å². The van der Waals surface area contributed by atoms with Crippen molar-refractivity contribution < 1.29 is 27.1 Å². The van der Waals surface area contributed by atoms with Crippen LogP contribution in [0.15, 0.2) is 29.1 Å². The van der Waals surface area contributed by atoms with E-state index in [9.17, 15) is 27.2 Å². The third kappa shape index (κ3) is 4.80. The minimum Gasteiger partial charge on any atom is -0.406 e. The molecule has 26 heavy (non-hydrogen) atoms. The Morgan fingerprint density at radius 2 is 1.88 bits per heavy atom. The average Bonchev–Trinajstić information content (AvgIpc) is 2.43. The number of aromatic amines is 1. The van der Waals surface area contributed by atoms with Gasteiger partial charge in [-0.2, -0.15) is 0 Å². The number of hydrogen-bond donors (Lipinski definition) is 2. The number of halogens is 4. The van der Waals surface area contributed by atoms with Gasteiger partial charge in [-0.1, -0.05) is 6.07 Å². The Labute approximate surface area is 145 Å². The third-order valence-electron chi connectivity index (χ3n) is 3.37. The maximum absolute atomic E-state index is 14.2. The molecule has 0 aliphatic carbocycles. The first kappa shape index (κ1) is 19.4. The third-order valence-corrected chi connectivity index (χ3v) is 3.37. The largest absolute Gasteiger partial charge is 0.573 e. The molecular formula is C16H15F4N3O3. The first-order valence-electron chi connectivity index (χ1n) is 7.34. The van der Waals surface area contributed by atoms with E-state index in [0.717, 1.165) is 18.2 Å². The van der Waals surface area contributed by atoms with Crippen LogP contribution in [0.1, 0.15) is 35.7 Å². The van der Waals surface area contributed by atoms with E-state index in [1.54, 1.807) is 0 Å². The van der Waals surface area contributed by atoms with Gasteiger partial charge in [0.25, 0.3) is 11.5 Å². The molecule has 10 heteroatoms. The van der Waals surface area contributed by atoms with Gasteiger partial charge in [-0.25, -0.2) is 9.37 Å². The molecule has 0 bridgehead atoms.